The van der Waals surface area contributed by atoms with E-state index in [9.17, 15) is 5.26 Å². The van der Waals surface area contributed by atoms with Gasteiger partial charge >= 0.3 is 0 Å². The summed E-state index contributed by atoms with van der Waals surface area (Å²) in [5.74, 6) is 0.201. The number of alkyl halides is 2. The minimum Gasteiger partial charge on any atom is -0.475 e. The van der Waals surface area contributed by atoms with E-state index in [0.717, 1.165) is 16.4 Å². The molecule has 55 heavy (non-hydrogen) atoms. The van der Waals surface area contributed by atoms with Crippen LogP contribution in [0.15, 0.2) is 85.2 Å². The number of nitrogens with zero attached hydrogens (tertiary/aromatic N) is 7. The summed E-state index contributed by atoms with van der Waals surface area (Å²) < 4.78 is 55.9. The van der Waals surface area contributed by atoms with Gasteiger partial charge in [0, 0.05) is 50.6 Å². The topological polar surface area (TPSA) is 105 Å². The Bertz CT molecular complexity index is 2300. The van der Waals surface area contributed by atoms with Crippen LogP contribution in [0.2, 0.25) is 30.7 Å². The number of ether oxygens (including phenoxy) is 2. The normalized spacial score (nSPS) is 15.0. The van der Waals surface area contributed by atoms with Crippen molar-refractivity contribution in [1.29, 1.82) is 5.26 Å². The van der Waals surface area contributed by atoms with Crippen LogP contribution >= 0.6 is 0 Å². The van der Waals surface area contributed by atoms with Crippen molar-refractivity contribution in [1.82, 2.24) is 29.1 Å². The van der Waals surface area contributed by atoms with E-state index >= 15 is 8.78 Å². The highest BCUT2D eigenvalue weighted by Crippen LogP contribution is 2.48. The molecular weight excluding hydrogens is 733 g/mol. The van der Waals surface area contributed by atoms with Gasteiger partial charge < -0.3 is 18.5 Å². The molecule has 5 heterocycles. The maximum atomic E-state index is 15.4. The molecule has 14 heteroatoms. The van der Waals surface area contributed by atoms with Crippen molar-refractivity contribution < 1.29 is 22.7 Å². The highest BCUT2D eigenvalue weighted by Gasteiger charge is 2.52. The smallest absolute Gasteiger partial charge is 0.282 e. The molecule has 0 fully saturated rings. The second-order valence-corrected chi connectivity index (χ2v) is 26.2. The number of hydrogen-bond acceptors (Lipinski definition) is 7. The second kappa shape index (κ2) is 14.9. The van der Waals surface area contributed by atoms with Crippen molar-refractivity contribution >= 4 is 37.8 Å². The lowest BCUT2D eigenvalue weighted by Gasteiger charge is -2.45. The van der Waals surface area contributed by atoms with Gasteiger partial charge in [0.25, 0.3) is 14.7 Å². The third-order valence-electron chi connectivity index (χ3n) is 10.2. The largest absolute Gasteiger partial charge is 0.475 e. The number of benzene rings is 2. The maximum absolute atomic E-state index is 15.4. The molecule has 1 aliphatic heterocycles. The molecule has 0 saturated carbocycles. The van der Waals surface area contributed by atoms with Gasteiger partial charge in [-0.05, 0) is 33.6 Å². The minimum absolute atomic E-state index is 0.0440. The summed E-state index contributed by atoms with van der Waals surface area (Å²) in [6.45, 7) is 14.3. The summed E-state index contributed by atoms with van der Waals surface area (Å²) in [5.41, 5.74) is 1.79. The van der Waals surface area contributed by atoms with Gasteiger partial charge in [0.15, 0.2) is 5.69 Å². The van der Waals surface area contributed by atoms with Gasteiger partial charge in [-0.1, -0.05) is 101 Å². The molecule has 1 aliphatic rings. The fourth-order valence-corrected chi connectivity index (χ4v) is 13.1. The molecule has 0 unspecified atom stereocenters. The Kier molecular flexibility index (Phi) is 10.4. The molecule has 0 amide bonds. The van der Waals surface area contributed by atoms with Crippen LogP contribution in [0.5, 0.6) is 5.88 Å². The van der Waals surface area contributed by atoms with Crippen molar-refractivity contribution in [2.24, 2.45) is 7.05 Å². The van der Waals surface area contributed by atoms with E-state index in [2.05, 4.69) is 80.9 Å². The number of aromatic nitrogens is 6. The Labute approximate surface area is 322 Å². The SMILES string of the molecule is Cn1cc(-c2c(-c3c(C(F)F)nn4c3OC[C@@H](O[Si](c3ccccc3)(c3ccccc3)C(C)(C)C)C4)n(COCC[Si](C)(C)C)c3ncccc23)c(C#N)n1. The first kappa shape index (κ1) is 38.3. The van der Waals surface area contributed by atoms with Crippen LogP contribution in [0, 0.1) is 11.3 Å². The molecule has 10 nitrogen and oxygen atoms in total. The second-order valence-electron chi connectivity index (χ2n) is 16.3. The van der Waals surface area contributed by atoms with E-state index in [4.69, 9.17) is 18.9 Å². The van der Waals surface area contributed by atoms with E-state index in [-0.39, 0.29) is 42.1 Å². The molecule has 0 spiro atoms. The molecule has 0 aliphatic carbocycles. The number of halogens is 2. The molecule has 4 aromatic heterocycles. The van der Waals surface area contributed by atoms with Crippen LogP contribution in [0.1, 0.15) is 38.6 Å². The van der Waals surface area contributed by atoms with Crippen LogP contribution in [0.4, 0.5) is 8.78 Å². The van der Waals surface area contributed by atoms with Gasteiger partial charge in [-0.2, -0.15) is 15.5 Å². The predicted molar refractivity (Wildman–Crippen MR) is 215 cm³/mol. The number of fused-ring (bicyclic) bond motifs is 2. The van der Waals surface area contributed by atoms with E-state index in [1.807, 2.05) is 42.5 Å². The first-order valence-corrected chi connectivity index (χ1v) is 24.1. The molecule has 6 aromatic rings. The summed E-state index contributed by atoms with van der Waals surface area (Å²) in [5, 5.41) is 21.7. The first-order valence-electron chi connectivity index (χ1n) is 18.5. The van der Waals surface area contributed by atoms with Gasteiger partial charge in [-0.25, -0.2) is 18.4 Å². The standard InChI is InChI=1S/C41H47F2N7O3Si2/c1-41(2,3)55(29-15-10-8-11-16-29,30-17-12-9-13-18-30)53-28-24-50-40(52-26-28)35(36(47-50)38(42)43)37-34(32-25-48(4)46-33(32)23-44)31-19-14-20-45-39(31)49(37)27-51-21-22-54(5,6)7/h8-20,25,28,38H,21-22,24,26-27H2,1-7H3/t28-/m0/s1. The number of hydrogen-bond donors (Lipinski definition) is 0. The van der Waals surface area contributed by atoms with Gasteiger partial charge in [-0.15, -0.1) is 0 Å². The van der Waals surface area contributed by atoms with Crippen LogP contribution in [0.3, 0.4) is 0 Å². The van der Waals surface area contributed by atoms with Crippen LogP contribution in [-0.4, -0.2) is 64.8 Å². The number of rotatable bonds is 12. The molecule has 0 saturated heterocycles. The molecule has 7 rings (SSSR count). The van der Waals surface area contributed by atoms with E-state index in [1.165, 1.54) is 4.68 Å². The van der Waals surface area contributed by atoms with E-state index in [1.54, 1.807) is 34.8 Å². The lowest BCUT2D eigenvalue weighted by molar-refractivity contribution is 0.0663. The summed E-state index contributed by atoms with van der Waals surface area (Å²) in [6.07, 6.45) is -0.0600. The number of aryl methyl sites for hydroxylation is 1. The van der Waals surface area contributed by atoms with Crippen molar-refractivity contribution in [2.45, 2.75) is 77.3 Å². The average molecular weight is 780 g/mol. The Morgan fingerprint density at radius 1 is 0.964 bits per heavy atom. The summed E-state index contributed by atoms with van der Waals surface area (Å²) in [6, 6.07) is 27.4. The van der Waals surface area contributed by atoms with Crippen molar-refractivity contribution in [2.75, 3.05) is 13.2 Å². The lowest BCUT2D eigenvalue weighted by atomic mass is 9.99. The van der Waals surface area contributed by atoms with E-state index in [0.29, 0.717) is 34.5 Å². The zero-order valence-corrected chi connectivity index (χ0v) is 34.4. The van der Waals surface area contributed by atoms with Crippen molar-refractivity contribution in [3.8, 4) is 34.3 Å². The Balaban J connectivity index is 1.39. The Hall–Kier alpha value is -4.95. The maximum Gasteiger partial charge on any atom is 0.282 e. The first-order chi connectivity index (χ1) is 26.2. The monoisotopic (exact) mass is 779 g/mol. The zero-order valence-electron chi connectivity index (χ0n) is 32.4. The molecule has 0 radical (unpaired) electrons. The highest BCUT2D eigenvalue weighted by atomic mass is 28.4. The molecule has 286 valence electrons. The average Bonchev–Trinajstić information content (AvgIpc) is 3.82. The lowest BCUT2D eigenvalue weighted by Crippen LogP contribution is -2.68. The van der Waals surface area contributed by atoms with Crippen LogP contribution in [0.25, 0.3) is 33.4 Å². The molecular formula is C41H47F2N7O3Si2. The third-order valence-corrected chi connectivity index (χ3v) is 17.0. The Morgan fingerprint density at radius 3 is 2.24 bits per heavy atom. The molecule has 1 atom stereocenters. The quantitative estimate of drug-likeness (QED) is 0.0924. The van der Waals surface area contributed by atoms with Gasteiger partial charge in [0.1, 0.15) is 30.7 Å². The zero-order chi connectivity index (χ0) is 39.1. The predicted octanol–water partition coefficient (Wildman–Crippen LogP) is 7.76. The minimum atomic E-state index is -3.01. The molecule has 2 aromatic carbocycles. The van der Waals surface area contributed by atoms with Gasteiger partial charge in [0.05, 0.1) is 23.9 Å². The van der Waals surface area contributed by atoms with Gasteiger partial charge in [-0.3, -0.25) is 4.68 Å². The van der Waals surface area contributed by atoms with Crippen LogP contribution < -0.4 is 15.1 Å². The fourth-order valence-electron chi connectivity index (χ4n) is 7.66. The molecule has 0 N–H and O–H groups in total. The van der Waals surface area contributed by atoms with Crippen molar-refractivity contribution in [3.63, 3.8) is 0 Å². The number of pyridine rings is 1. The summed E-state index contributed by atoms with van der Waals surface area (Å²) in [7, 11) is -2.72. The third kappa shape index (κ3) is 7.17. The highest BCUT2D eigenvalue weighted by molar-refractivity contribution is 6.99. The van der Waals surface area contributed by atoms with E-state index < -0.39 is 34.6 Å². The number of nitriles is 1. The van der Waals surface area contributed by atoms with Gasteiger partial charge in [0.2, 0.25) is 5.88 Å². The fraction of sp³-hybridized carbons (Fsp3) is 0.366. The van der Waals surface area contributed by atoms with Crippen LogP contribution in [-0.2, 0) is 29.5 Å². The summed E-state index contributed by atoms with van der Waals surface area (Å²) in [4.78, 5) is 4.72. The Morgan fingerprint density at radius 2 is 1.64 bits per heavy atom. The van der Waals surface area contributed by atoms with Crippen molar-refractivity contribution in [3.05, 3.63) is 96.6 Å². The summed E-state index contributed by atoms with van der Waals surface area (Å²) >= 11 is 0. The molecule has 0 bridgehead atoms.